The molecule has 0 aliphatic rings. The Morgan fingerprint density at radius 2 is 1.93 bits per heavy atom. The molecule has 0 aromatic heterocycles. The van der Waals surface area contributed by atoms with Crippen molar-refractivity contribution in [2.75, 3.05) is 19.8 Å². The zero-order valence-electron chi connectivity index (χ0n) is 16.6. The van der Waals surface area contributed by atoms with E-state index in [1.54, 1.807) is 12.1 Å². The normalized spacial score (nSPS) is 10.6. The molecule has 0 aliphatic carbocycles. The van der Waals surface area contributed by atoms with Gasteiger partial charge in [-0.3, -0.25) is 4.79 Å². The van der Waals surface area contributed by atoms with Gasteiger partial charge in [0.2, 0.25) is 5.91 Å². The third-order valence-electron chi connectivity index (χ3n) is 3.69. The van der Waals surface area contributed by atoms with Crippen LogP contribution in [0.5, 0.6) is 17.2 Å². The number of hydrogen-bond donors (Lipinski definition) is 1. The van der Waals surface area contributed by atoms with Crippen molar-refractivity contribution in [2.45, 2.75) is 20.3 Å². The number of allylic oxidation sites excluding steroid dienone is 1. The van der Waals surface area contributed by atoms with Crippen LogP contribution in [-0.2, 0) is 11.2 Å². The lowest BCUT2D eigenvalue weighted by atomic mass is 10.1. The molecule has 0 saturated carbocycles. The molecule has 0 bridgehead atoms. The third-order valence-corrected chi connectivity index (χ3v) is 3.97. The highest BCUT2D eigenvalue weighted by atomic mass is 35.5. The number of nitrogens with one attached hydrogen (secondary N) is 1. The first kappa shape index (κ1) is 22.3. The van der Waals surface area contributed by atoms with Crippen molar-refractivity contribution in [2.24, 2.45) is 5.10 Å². The highest BCUT2D eigenvalue weighted by Gasteiger charge is 2.12. The summed E-state index contributed by atoms with van der Waals surface area (Å²) < 4.78 is 17.3. The minimum Gasteiger partial charge on any atom is -0.490 e. The van der Waals surface area contributed by atoms with Gasteiger partial charge < -0.3 is 14.2 Å². The van der Waals surface area contributed by atoms with E-state index in [4.69, 9.17) is 25.8 Å². The Balaban J connectivity index is 2.03. The quantitative estimate of drug-likeness (QED) is 0.255. The number of nitrogens with zero attached hydrogens (tertiary/aromatic N) is 1. The standard InChI is InChI=1S/C22H25ClN2O4/c1-4-8-18-9-6-7-10-20(18)28-11-12-29-22-19(23)13-17(14-21(22)27-5-2)15-24-25-16(3)26/h4,6-7,9-10,13-15H,1,5,8,11-12H2,2-3H3,(H,25,26)/b24-15+. The highest BCUT2D eigenvalue weighted by Crippen LogP contribution is 2.36. The van der Waals surface area contributed by atoms with Crippen molar-refractivity contribution in [3.8, 4) is 17.2 Å². The fourth-order valence-electron chi connectivity index (χ4n) is 2.53. The molecule has 0 heterocycles. The monoisotopic (exact) mass is 416 g/mol. The van der Waals surface area contributed by atoms with Gasteiger partial charge in [0.15, 0.2) is 11.5 Å². The van der Waals surface area contributed by atoms with Crippen LogP contribution in [0.4, 0.5) is 0 Å². The lowest BCUT2D eigenvalue weighted by Gasteiger charge is -2.15. The molecule has 29 heavy (non-hydrogen) atoms. The van der Waals surface area contributed by atoms with E-state index in [2.05, 4.69) is 17.1 Å². The van der Waals surface area contributed by atoms with Gasteiger partial charge in [0.05, 0.1) is 17.8 Å². The average molecular weight is 417 g/mol. The maximum atomic E-state index is 10.9. The molecule has 1 amide bonds. The van der Waals surface area contributed by atoms with Gasteiger partial charge in [-0.2, -0.15) is 5.10 Å². The number of halogens is 1. The van der Waals surface area contributed by atoms with Gasteiger partial charge in [-0.05, 0) is 42.7 Å². The van der Waals surface area contributed by atoms with Gasteiger partial charge in [0, 0.05) is 6.92 Å². The molecule has 6 nitrogen and oxygen atoms in total. The second-order valence-electron chi connectivity index (χ2n) is 5.99. The van der Waals surface area contributed by atoms with Crippen molar-refractivity contribution in [1.29, 1.82) is 0 Å². The van der Waals surface area contributed by atoms with Crippen LogP contribution in [0.25, 0.3) is 0 Å². The van der Waals surface area contributed by atoms with E-state index >= 15 is 0 Å². The molecule has 2 aromatic carbocycles. The number of hydrazone groups is 1. The smallest absolute Gasteiger partial charge is 0.236 e. The Hall–Kier alpha value is -2.99. The number of rotatable bonds is 11. The molecule has 0 aliphatic heterocycles. The first-order chi connectivity index (χ1) is 14.0. The molecular formula is C22H25ClN2O4. The number of amides is 1. The van der Waals surface area contributed by atoms with E-state index < -0.39 is 0 Å². The molecule has 2 aromatic rings. The third kappa shape index (κ3) is 7.16. The van der Waals surface area contributed by atoms with Gasteiger partial charge in [0.1, 0.15) is 19.0 Å². The van der Waals surface area contributed by atoms with E-state index in [9.17, 15) is 4.79 Å². The topological polar surface area (TPSA) is 69.2 Å². The highest BCUT2D eigenvalue weighted by molar-refractivity contribution is 6.32. The van der Waals surface area contributed by atoms with Crippen molar-refractivity contribution in [3.63, 3.8) is 0 Å². The molecule has 7 heteroatoms. The fraction of sp³-hybridized carbons (Fsp3) is 0.273. The van der Waals surface area contributed by atoms with Crippen LogP contribution in [0.3, 0.4) is 0 Å². The number of ether oxygens (including phenoxy) is 3. The summed E-state index contributed by atoms with van der Waals surface area (Å²) in [7, 11) is 0. The molecule has 0 unspecified atom stereocenters. The Morgan fingerprint density at radius 3 is 2.66 bits per heavy atom. The molecule has 0 spiro atoms. The molecule has 0 saturated heterocycles. The summed E-state index contributed by atoms with van der Waals surface area (Å²) in [6, 6.07) is 11.2. The molecule has 0 atom stereocenters. The summed E-state index contributed by atoms with van der Waals surface area (Å²) in [5, 5.41) is 4.22. The molecule has 2 rings (SSSR count). The lowest BCUT2D eigenvalue weighted by Crippen LogP contribution is -2.12. The largest absolute Gasteiger partial charge is 0.490 e. The molecule has 0 radical (unpaired) electrons. The predicted octanol–water partition coefficient (Wildman–Crippen LogP) is 4.40. The van der Waals surface area contributed by atoms with Crippen LogP contribution in [-0.4, -0.2) is 31.9 Å². The predicted molar refractivity (Wildman–Crippen MR) is 115 cm³/mol. The van der Waals surface area contributed by atoms with Crippen LogP contribution in [0.15, 0.2) is 54.2 Å². The van der Waals surface area contributed by atoms with Gasteiger partial charge in [-0.15, -0.1) is 6.58 Å². The number of benzene rings is 2. The van der Waals surface area contributed by atoms with Crippen LogP contribution >= 0.6 is 11.6 Å². The van der Waals surface area contributed by atoms with Crippen molar-refractivity contribution in [3.05, 3.63) is 65.2 Å². The molecular weight excluding hydrogens is 392 g/mol. The van der Waals surface area contributed by atoms with Gasteiger partial charge in [-0.1, -0.05) is 35.9 Å². The summed E-state index contributed by atoms with van der Waals surface area (Å²) in [4.78, 5) is 10.9. The Kier molecular flexibility index (Phi) is 9.05. The molecule has 154 valence electrons. The average Bonchev–Trinajstić information content (AvgIpc) is 2.68. The van der Waals surface area contributed by atoms with Crippen LogP contribution in [0, 0.1) is 0 Å². The fourth-order valence-corrected chi connectivity index (χ4v) is 2.80. The van der Waals surface area contributed by atoms with E-state index in [1.807, 2.05) is 37.3 Å². The second-order valence-corrected chi connectivity index (χ2v) is 6.39. The number of carbonyl (C=O) groups excluding carboxylic acids is 1. The summed E-state index contributed by atoms with van der Waals surface area (Å²) >= 11 is 6.37. The van der Waals surface area contributed by atoms with E-state index in [-0.39, 0.29) is 5.91 Å². The maximum absolute atomic E-state index is 10.9. The van der Waals surface area contributed by atoms with Gasteiger partial charge >= 0.3 is 0 Å². The SMILES string of the molecule is C=CCc1ccccc1OCCOc1c(Cl)cc(/C=N/NC(C)=O)cc1OCC. The molecule has 0 fully saturated rings. The summed E-state index contributed by atoms with van der Waals surface area (Å²) in [6.45, 7) is 8.11. The summed E-state index contributed by atoms with van der Waals surface area (Å²) in [5.41, 5.74) is 4.09. The minimum atomic E-state index is -0.257. The first-order valence-corrected chi connectivity index (χ1v) is 9.63. The van der Waals surface area contributed by atoms with Crippen molar-refractivity contribution in [1.82, 2.24) is 5.43 Å². The zero-order chi connectivity index (χ0) is 21.1. The van der Waals surface area contributed by atoms with E-state index in [0.717, 1.165) is 17.7 Å². The van der Waals surface area contributed by atoms with Crippen molar-refractivity contribution >= 4 is 23.7 Å². The zero-order valence-corrected chi connectivity index (χ0v) is 17.4. The summed E-state index contributed by atoms with van der Waals surface area (Å²) in [5.74, 6) is 1.48. The maximum Gasteiger partial charge on any atom is 0.236 e. The Morgan fingerprint density at radius 1 is 1.17 bits per heavy atom. The van der Waals surface area contributed by atoms with Crippen LogP contribution in [0.2, 0.25) is 5.02 Å². The lowest BCUT2D eigenvalue weighted by molar-refractivity contribution is -0.118. The van der Waals surface area contributed by atoms with Gasteiger partial charge in [0.25, 0.3) is 0 Å². The first-order valence-electron chi connectivity index (χ1n) is 9.25. The van der Waals surface area contributed by atoms with Crippen LogP contribution < -0.4 is 19.6 Å². The number of para-hydroxylation sites is 1. The van der Waals surface area contributed by atoms with Gasteiger partial charge in [-0.25, -0.2) is 5.43 Å². The molecule has 1 N–H and O–H groups in total. The summed E-state index contributed by atoms with van der Waals surface area (Å²) in [6.07, 6.45) is 4.06. The minimum absolute atomic E-state index is 0.257. The van der Waals surface area contributed by atoms with Crippen molar-refractivity contribution < 1.29 is 19.0 Å². The number of carbonyl (C=O) groups is 1. The van der Waals surface area contributed by atoms with E-state index in [0.29, 0.717) is 41.9 Å². The second kappa shape index (κ2) is 11.8. The Bertz CT molecular complexity index is 868. The number of hydrogen-bond acceptors (Lipinski definition) is 5. The van der Waals surface area contributed by atoms with E-state index in [1.165, 1.54) is 13.1 Å². The Labute approximate surface area is 176 Å². The van der Waals surface area contributed by atoms with Crippen LogP contribution in [0.1, 0.15) is 25.0 Å².